The molecule has 0 amide bonds. The number of hydrogen-bond donors (Lipinski definition) is 2. The van der Waals surface area contributed by atoms with Crippen LogP contribution in [0.1, 0.15) is 12.0 Å². The highest BCUT2D eigenvalue weighted by Gasteiger charge is 2.17. The van der Waals surface area contributed by atoms with Crippen molar-refractivity contribution in [3.8, 4) is 5.75 Å². The summed E-state index contributed by atoms with van der Waals surface area (Å²) >= 11 is 5.59. The molecule has 4 rings (SSSR count). The molecule has 5 heteroatoms. The number of fused-ring (bicyclic) bond motifs is 1. The van der Waals surface area contributed by atoms with Crippen molar-refractivity contribution in [3.63, 3.8) is 0 Å². The van der Waals surface area contributed by atoms with Gasteiger partial charge >= 0.3 is 0 Å². The second kappa shape index (κ2) is 7.22. The average molecular weight is 363 g/mol. The van der Waals surface area contributed by atoms with E-state index in [1.54, 1.807) is 7.11 Å². The lowest BCUT2D eigenvalue weighted by Gasteiger charge is -2.29. The third-order valence-electron chi connectivity index (χ3n) is 4.75. The summed E-state index contributed by atoms with van der Waals surface area (Å²) in [5.74, 6) is 0.818. The van der Waals surface area contributed by atoms with Crippen LogP contribution >= 0.6 is 12.2 Å². The summed E-state index contributed by atoms with van der Waals surface area (Å²) in [4.78, 5) is 5.55. The largest absolute Gasteiger partial charge is 0.497 e. The lowest BCUT2D eigenvalue weighted by molar-refractivity contribution is 0.415. The lowest BCUT2D eigenvalue weighted by atomic mass is 9.99. The standard InChI is InChI=1S/C21H21N3OS/c1-25-17-6-4-5-16(13-17)23-21(26)24-11-9-15(10-12-24)19-14-22-20-8-3-2-7-18(19)20/h2-9,13-14,22H,10-12H2,1H3,(H,23,26). The first-order valence-electron chi connectivity index (χ1n) is 8.70. The Hall–Kier alpha value is -2.79. The van der Waals surface area contributed by atoms with Crippen LogP contribution < -0.4 is 10.1 Å². The Balaban J connectivity index is 1.46. The number of methoxy groups -OCH3 is 1. The number of nitrogens with one attached hydrogen (secondary N) is 2. The first kappa shape index (κ1) is 16.7. The van der Waals surface area contributed by atoms with Gasteiger partial charge in [0.05, 0.1) is 7.11 Å². The maximum Gasteiger partial charge on any atom is 0.173 e. The molecule has 132 valence electrons. The van der Waals surface area contributed by atoms with Crippen LogP contribution in [0.2, 0.25) is 0 Å². The lowest BCUT2D eigenvalue weighted by Crippen LogP contribution is -2.37. The van der Waals surface area contributed by atoms with Crippen LogP contribution in [0.3, 0.4) is 0 Å². The fourth-order valence-corrected chi connectivity index (χ4v) is 3.62. The van der Waals surface area contributed by atoms with Crippen molar-refractivity contribution in [2.75, 3.05) is 25.5 Å². The van der Waals surface area contributed by atoms with Gasteiger partial charge in [-0.3, -0.25) is 0 Å². The molecule has 0 aliphatic carbocycles. The van der Waals surface area contributed by atoms with Crippen LogP contribution in [0, 0.1) is 0 Å². The second-order valence-electron chi connectivity index (χ2n) is 6.34. The summed E-state index contributed by atoms with van der Waals surface area (Å²) in [6.07, 6.45) is 5.36. The Kier molecular flexibility index (Phi) is 4.63. The van der Waals surface area contributed by atoms with Crippen LogP contribution in [0.25, 0.3) is 16.5 Å². The number of nitrogens with zero attached hydrogens (tertiary/aromatic N) is 1. The zero-order chi connectivity index (χ0) is 17.9. The molecule has 0 bridgehead atoms. The van der Waals surface area contributed by atoms with E-state index in [0.717, 1.165) is 36.1 Å². The van der Waals surface area contributed by atoms with E-state index in [4.69, 9.17) is 17.0 Å². The monoisotopic (exact) mass is 363 g/mol. The fraction of sp³-hybridized carbons (Fsp3) is 0.190. The minimum Gasteiger partial charge on any atom is -0.497 e. The van der Waals surface area contributed by atoms with Crippen molar-refractivity contribution in [2.24, 2.45) is 0 Å². The summed E-state index contributed by atoms with van der Waals surface area (Å²) < 4.78 is 5.26. The molecule has 0 radical (unpaired) electrons. The van der Waals surface area contributed by atoms with Gasteiger partial charge in [0, 0.05) is 47.5 Å². The van der Waals surface area contributed by atoms with E-state index in [1.165, 1.54) is 22.0 Å². The third kappa shape index (κ3) is 3.30. The number of thiocarbonyl (C=S) groups is 1. The summed E-state index contributed by atoms with van der Waals surface area (Å²) in [6.45, 7) is 1.71. The van der Waals surface area contributed by atoms with Crippen LogP contribution in [0.5, 0.6) is 5.75 Å². The molecular weight excluding hydrogens is 342 g/mol. The molecule has 26 heavy (non-hydrogen) atoms. The molecule has 2 heterocycles. The van der Waals surface area contributed by atoms with Crippen molar-refractivity contribution in [1.82, 2.24) is 9.88 Å². The Morgan fingerprint density at radius 3 is 2.88 bits per heavy atom. The number of para-hydroxylation sites is 1. The number of aromatic amines is 1. The van der Waals surface area contributed by atoms with E-state index in [9.17, 15) is 0 Å². The molecule has 0 unspecified atom stereocenters. The molecular formula is C21H21N3OS. The SMILES string of the molecule is COc1cccc(NC(=S)N2CC=C(c3c[nH]c4ccccc34)CC2)c1. The van der Waals surface area contributed by atoms with Gasteiger partial charge in [-0.1, -0.05) is 30.3 Å². The van der Waals surface area contributed by atoms with Gasteiger partial charge in [0.25, 0.3) is 0 Å². The summed E-state index contributed by atoms with van der Waals surface area (Å²) in [6, 6.07) is 16.2. The molecule has 0 atom stereocenters. The molecule has 0 saturated heterocycles. The highest BCUT2D eigenvalue weighted by molar-refractivity contribution is 7.80. The van der Waals surface area contributed by atoms with Crippen molar-refractivity contribution in [1.29, 1.82) is 0 Å². The maximum absolute atomic E-state index is 5.59. The molecule has 0 fully saturated rings. The Morgan fingerprint density at radius 1 is 1.19 bits per heavy atom. The van der Waals surface area contributed by atoms with E-state index in [2.05, 4.69) is 51.7 Å². The number of hydrogen-bond acceptors (Lipinski definition) is 2. The molecule has 2 aromatic carbocycles. The van der Waals surface area contributed by atoms with Crippen molar-refractivity contribution < 1.29 is 4.74 Å². The van der Waals surface area contributed by atoms with Gasteiger partial charge in [0.15, 0.2) is 5.11 Å². The Labute approximate surface area is 158 Å². The van der Waals surface area contributed by atoms with Gasteiger partial charge in [-0.05, 0) is 42.4 Å². The minimum atomic E-state index is 0.743. The highest BCUT2D eigenvalue weighted by atomic mass is 32.1. The molecule has 1 aliphatic heterocycles. The molecule has 0 spiro atoms. The summed E-state index contributed by atoms with van der Waals surface area (Å²) in [7, 11) is 1.67. The van der Waals surface area contributed by atoms with Crippen molar-refractivity contribution in [3.05, 3.63) is 66.4 Å². The number of H-pyrrole nitrogens is 1. The number of ether oxygens (including phenoxy) is 1. The van der Waals surface area contributed by atoms with Crippen LogP contribution in [0.4, 0.5) is 5.69 Å². The van der Waals surface area contributed by atoms with E-state index in [0.29, 0.717) is 0 Å². The zero-order valence-electron chi connectivity index (χ0n) is 14.7. The van der Waals surface area contributed by atoms with E-state index in [1.807, 2.05) is 24.3 Å². The van der Waals surface area contributed by atoms with Gasteiger partial charge in [-0.25, -0.2) is 0 Å². The van der Waals surface area contributed by atoms with E-state index >= 15 is 0 Å². The second-order valence-corrected chi connectivity index (χ2v) is 6.72. The first-order valence-corrected chi connectivity index (χ1v) is 9.11. The molecule has 2 N–H and O–H groups in total. The maximum atomic E-state index is 5.59. The third-order valence-corrected chi connectivity index (χ3v) is 5.11. The van der Waals surface area contributed by atoms with Crippen LogP contribution in [-0.2, 0) is 0 Å². The zero-order valence-corrected chi connectivity index (χ0v) is 15.5. The molecule has 3 aromatic rings. The fourth-order valence-electron chi connectivity index (χ4n) is 3.34. The molecule has 1 aromatic heterocycles. The van der Waals surface area contributed by atoms with Gasteiger partial charge < -0.3 is 19.9 Å². The molecule has 0 saturated carbocycles. The number of rotatable bonds is 3. The van der Waals surface area contributed by atoms with Crippen molar-refractivity contribution >= 4 is 39.5 Å². The quantitative estimate of drug-likeness (QED) is 0.664. The highest BCUT2D eigenvalue weighted by Crippen LogP contribution is 2.29. The smallest absolute Gasteiger partial charge is 0.173 e. The van der Waals surface area contributed by atoms with Gasteiger partial charge in [-0.15, -0.1) is 0 Å². The summed E-state index contributed by atoms with van der Waals surface area (Å²) in [5, 5.41) is 5.33. The topological polar surface area (TPSA) is 40.3 Å². The van der Waals surface area contributed by atoms with Crippen molar-refractivity contribution in [2.45, 2.75) is 6.42 Å². The van der Waals surface area contributed by atoms with Gasteiger partial charge in [-0.2, -0.15) is 0 Å². The van der Waals surface area contributed by atoms with E-state index < -0.39 is 0 Å². The Morgan fingerprint density at radius 2 is 2.08 bits per heavy atom. The average Bonchev–Trinajstić information content (AvgIpc) is 3.12. The minimum absolute atomic E-state index is 0.743. The Bertz CT molecular complexity index is 976. The number of aromatic nitrogens is 1. The predicted octanol–water partition coefficient (Wildman–Crippen LogP) is 4.66. The van der Waals surface area contributed by atoms with Gasteiger partial charge in [0.2, 0.25) is 0 Å². The first-order chi connectivity index (χ1) is 12.7. The molecule has 4 nitrogen and oxygen atoms in total. The normalized spacial score (nSPS) is 14.2. The van der Waals surface area contributed by atoms with Crippen LogP contribution in [0.15, 0.2) is 60.8 Å². The number of benzene rings is 2. The van der Waals surface area contributed by atoms with E-state index in [-0.39, 0.29) is 0 Å². The summed E-state index contributed by atoms with van der Waals surface area (Å²) in [5.41, 5.74) is 4.80. The number of anilines is 1. The molecule has 1 aliphatic rings. The van der Waals surface area contributed by atoms with Gasteiger partial charge in [0.1, 0.15) is 5.75 Å². The predicted molar refractivity (Wildman–Crippen MR) is 112 cm³/mol. The van der Waals surface area contributed by atoms with Crippen LogP contribution in [-0.4, -0.2) is 35.2 Å².